The van der Waals surface area contributed by atoms with E-state index in [2.05, 4.69) is 5.32 Å². The second kappa shape index (κ2) is 5.47. The summed E-state index contributed by atoms with van der Waals surface area (Å²) in [6.07, 6.45) is 3.27. The average molecular weight is 287 g/mol. The zero-order chi connectivity index (χ0) is 13.2. The van der Waals surface area contributed by atoms with Crippen molar-refractivity contribution in [3.63, 3.8) is 0 Å². The van der Waals surface area contributed by atoms with Gasteiger partial charge < -0.3 is 11.1 Å². The molecule has 0 atom stereocenters. The molecule has 3 N–H and O–H groups in total. The van der Waals surface area contributed by atoms with E-state index in [0.717, 1.165) is 24.8 Å². The van der Waals surface area contributed by atoms with Crippen LogP contribution < -0.4 is 11.1 Å². The molecule has 0 radical (unpaired) electrons. The molecule has 1 amide bonds. The first-order chi connectivity index (χ1) is 8.51. The maximum absolute atomic E-state index is 11.8. The lowest BCUT2D eigenvalue weighted by atomic mass is 9.77. The van der Waals surface area contributed by atoms with Crippen molar-refractivity contribution >= 4 is 29.1 Å². The number of hydrogen-bond acceptors (Lipinski definition) is 2. The van der Waals surface area contributed by atoms with Gasteiger partial charge in [0.15, 0.2) is 0 Å². The third-order valence-electron chi connectivity index (χ3n) is 3.39. The SMILES string of the molecule is NC1(C(=O)NCCc2ccc(Cl)cc2Cl)CCC1. The smallest absolute Gasteiger partial charge is 0.240 e. The molecule has 5 heteroatoms. The van der Waals surface area contributed by atoms with Gasteiger partial charge in [0, 0.05) is 16.6 Å². The van der Waals surface area contributed by atoms with Crippen molar-refractivity contribution in [2.24, 2.45) is 5.73 Å². The summed E-state index contributed by atoms with van der Waals surface area (Å²) in [5.41, 5.74) is 6.26. The highest BCUT2D eigenvalue weighted by Crippen LogP contribution is 2.29. The highest BCUT2D eigenvalue weighted by atomic mass is 35.5. The summed E-state index contributed by atoms with van der Waals surface area (Å²) in [6, 6.07) is 5.37. The summed E-state index contributed by atoms with van der Waals surface area (Å²) in [6.45, 7) is 0.541. The normalized spacial score (nSPS) is 17.1. The summed E-state index contributed by atoms with van der Waals surface area (Å²) in [4.78, 5) is 11.8. The molecule has 1 aliphatic carbocycles. The Balaban J connectivity index is 1.83. The Morgan fingerprint density at radius 3 is 2.67 bits per heavy atom. The molecule has 0 saturated heterocycles. The van der Waals surface area contributed by atoms with Gasteiger partial charge in [0.05, 0.1) is 5.54 Å². The lowest BCUT2D eigenvalue weighted by molar-refractivity contribution is -0.129. The zero-order valence-electron chi connectivity index (χ0n) is 10.0. The monoisotopic (exact) mass is 286 g/mol. The summed E-state index contributed by atoms with van der Waals surface area (Å²) in [7, 11) is 0. The molecule has 1 fully saturated rings. The third-order valence-corrected chi connectivity index (χ3v) is 3.98. The molecular weight excluding hydrogens is 271 g/mol. The molecular formula is C13H16Cl2N2O. The van der Waals surface area contributed by atoms with Crippen LogP contribution in [0.25, 0.3) is 0 Å². The predicted molar refractivity (Wildman–Crippen MR) is 73.9 cm³/mol. The van der Waals surface area contributed by atoms with Gasteiger partial charge in [0.1, 0.15) is 0 Å². The fourth-order valence-electron chi connectivity index (χ4n) is 2.00. The van der Waals surface area contributed by atoms with Crippen molar-refractivity contribution in [3.05, 3.63) is 33.8 Å². The number of rotatable bonds is 4. The lowest BCUT2D eigenvalue weighted by Crippen LogP contribution is -2.58. The van der Waals surface area contributed by atoms with Gasteiger partial charge in [-0.2, -0.15) is 0 Å². The average Bonchev–Trinajstić information content (AvgIpc) is 2.28. The molecule has 1 aliphatic rings. The lowest BCUT2D eigenvalue weighted by Gasteiger charge is -2.36. The highest BCUT2D eigenvalue weighted by Gasteiger charge is 2.39. The van der Waals surface area contributed by atoms with E-state index in [9.17, 15) is 4.79 Å². The van der Waals surface area contributed by atoms with Gasteiger partial charge >= 0.3 is 0 Å². The minimum Gasteiger partial charge on any atom is -0.354 e. The van der Waals surface area contributed by atoms with Crippen LogP contribution in [0.1, 0.15) is 24.8 Å². The number of carbonyl (C=O) groups is 1. The fourth-order valence-corrected chi connectivity index (χ4v) is 2.50. The Labute approximate surface area is 117 Å². The van der Waals surface area contributed by atoms with Gasteiger partial charge in [0.25, 0.3) is 0 Å². The van der Waals surface area contributed by atoms with Crippen LogP contribution in [0.2, 0.25) is 10.0 Å². The standard InChI is InChI=1S/C13H16Cl2N2O/c14-10-3-2-9(11(15)8-10)4-7-17-12(18)13(16)5-1-6-13/h2-3,8H,1,4-7,16H2,(H,17,18). The summed E-state index contributed by atoms with van der Waals surface area (Å²) in [5, 5.41) is 4.10. The number of nitrogens with two attached hydrogens (primary N) is 1. The van der Waals surface area contributed by atoms with Gasteiger partial charge in [0.2, 0.25) is 5.91 Å². The fraction of sp³-hybridized carbons (Fsp3) is 0.462. The molecule has 0 aromatic heterocycles. The van der Waals surface area contributed by atoms with Crippen LogP contribution in [0.15, 0.2) is 18.2 Å². The van der Waals surface area contributed by atoms with Gasteiger partial charge in [-0.1, -0.05) is 29.3 Å². The molecule has 18 heavy (non-hydrogen) atoms. The maximum Gasteiger partial charge on any atom is 0.240 e. The Bertz CT molecular complexity index is 458. The molecule has 0 unspecified atom stereocenters. The summed E-state index contributed by atoms with van der Waals surface area (Å²) < 4.78 is 0. The Morgan fingerprint density at radius 1 is 1.39 bits per heavy atom. The van der Waals surface area contributed by atoms with E-state index in [-0.39, 0.29) is 5.91 Å². The van der Waals surface area contributed by atoms with Gasteiger partial charge in [-0.15, -0.1) is 0 Å². The molecule has 1 aromatic carbocycles. The number of amides is 1. The molecule has 1 saturated carbocycles. The van der Waals surface area contributed by atoms with E-state index in [0.29, 0.717) is 23.0 Å². The van der Waals surface area contributed by atoms with Crippen molar-refractivity contribution in [1.29, 1.82) is 0 Å². The van der Waals surface area contributed by atoms with E-state index < -0.39 is 5.54 Å². The van der Waals surface area contributed by atoms with E-state index in [1.54, 1.807) is 12.1 Å². The van der Waals surface area contributed by atoms with E-state index in [1.165, 1.54) is 0 Å². The quantitative estimate of drug-likeness (QED) is 0.894. The number of nitrogens with one attached hydrogen (secondary N) is 1. The first kappa shape index (κ1) is 13.7. The van der Waals surface area contributed by atoms with Crippen LogP contribution in [0.5, 0.6) is 0 Å². The predicted octanol–water partition coefficient (Wildman–Crippen LogP) is 2.53. The van der Waals surface area contributed by atoms with Crippen molar-refractivity contribution in [3.8, 4) is 0 Å². The van der Waals surface area contributed by atoms with Crippen LogP contribution >= 0.6 is 23.2 Å². The third kappa shape index (κ3) is 2.97. The van der Waals surface area contributed by atoms with Crippen LogP contribution in [0.4, 0.5) is 0 Å². The molecule has 0 heterocycles. The molecule has 1 aromatic rings. The second-order valence-electron chi connectivity index (χ2n) is 4.75. The maximum atomic E-state index is 11.8. The molecule has 0 aliphatic heterocycles. The van der Waals surface area contributed by atoms with Crippen LogP contribution in [-0.4, -0.2) is 18.0 Å². The van der Waals surface area contributed by atoms with E-state index in [1.807, 2.05) is 6.07 Å². The minimum absolute atomic E-state index is 0.0566. The Kier molecular flexibility index (Phi) is 4.15. The zero-order valence-corrected chi connectivity index (χ0v) is 11.5. The van der Waals surface area contributed by atoms with Gasteiger partial charge in [-0.3, -0.25) is 4.79 Å². The summed E-state index contributed by atoms with van der Waals surface area (Å²) in [5.74, 6) is -0.0566. The van der Waals surface area contributed by atoms with E-state index >= 15 is 0 Å². The van der Waals surface area contributed by atoms with Crippen molar-refractivity contribution in [2.45, 2.75) is 31.2 Å². The molecule has 0 bridgehead atoms. The number of hydrogen-bond donors (Lipinski definition) is 2. The number of carbonyl (C=O) groups excluding carboxylic acids is 1. The van der Waals surface area contributed by atoms with Gasteiger partial charge in [-0.25, -0.2) is 0 Å². The minimum atomic E-state index is -0.635. The van der Waals surface area contributed by atoms with E-state index in [4.69, 9.17) is 28.9 Å². The second-order valence-corrected chi connectivity index (χ2v) is 5.59. The molecule has 0 spiro atoms. The Morgan fingerprint density at radius 2 is 2.11 bits per heavy atom. The topological polar surface area (TPSA) is 55.1 Å². The van der Waals surface area contributed by atoms with Crippen LogP contribution in [0, 0.1) is 0 Å². The largest absolute Gasteiger partial charge is 0.354 e. The van der Waals surface area contributed by atoms with Crippen molar-refractivity contribution in [2.75, 3.05) is 6.54 Å². The highest BCUT2D eigenvalue weighted by molar-refractivity contribution is 6.35. The molecule has 3 nitrogen and oxygen atoms in total. The van der Waals surface area contributed by atoms with Crippen molar-refractivity contribution in [1.82, 2.24) is 5.32 Å². The van der Waals surface area contributed by atoms with Crippen LogP contribution in [0.3, 0.4) is 0 Å². The first-order valence-electron chi connectivity index (χ1n) is 6.02. The molecule has 2 rings (SSSR count). The summed E-state index contributed by atoms with van der Waals surface area (Å²) >= 11 is 11.9. The van der Waals surface area contributed by atoms with Crippen molar-refractivity contribution < 1.29 is 4.79 Å². The number of benzene rings is 1. The number of halogens is 2. The molecule has 98 valence electrons. The van der Waals surface area contributed by atoms with Crippen LogP contribution in [-0.2, 0) is 11.2 Å². The Hall–Kier alpha value is -0.770. The van der Waals surface area contributed by atoms with Gasteiger partial charge in [-0.05, 0) is 43.4 Å². The first-order valence-corrected chi connectivity index (χ1v) is 6.78.